The Hall–Kier alpha value is -1.54. The SMILES string of the molecule is CNN1c2cnc3ccc(Br)cc3c2C(NC)(NC)C1C=O. The Bertz CT molecular complexity index is 731. The third-order valence-electron chi connectivity index (χ3n) is 4.34. The average molecular weight is 364 g/mol. The first kappa shape index (κ1) is 15.4. The Labute approximate surface area is 137 Å². The zero-order valence-electron chi connectivity index (χ0n) is 12.6. The van der Waals surface area contributed by atoms with Gasteiger partial charge in [0.15, 0.2) is 0 Å². The minimum Gasteiger partial charge on any atom is -0.301 e. The normalized spacial score (nSPS) is 19.5. The van der Waals surface area contributed by atoms with E-state index in [2.05, 4.69) is 37.0 Å². The molecular weight excluding hydrogens is 346 g/mol. The van der Waals surface area contributed by atoms with Gasteiger partial charge in [-0.1, -0.05) is 15.9 Å². The fourth-order valence-electron chi connectivity index (χ4n) is 3.34. The number of hydrogen-bond acceptors (Lipinski definition) is 6. The van der Waals surface area contributed by atoms with E-state index in [1.807, 2.05) is 37.3 Å². The molecule has 1 aliphatic heterocycles. The molecule has 0 spiro atoms. The van der Waals surface area contributed by atoms with Crippen LogP contribution >= 0.6 is 15.9 Å². The number of aldehydes is 1. The molecule has 7 heteroatoms. The molecule has 0 saturated carbocycles. The molecule has 2 aromatic rings. The van der Waals surface area contributed by atoms with Crippen molar-refractivity contribution in [1.29, 1.82) is 0 Å². The summed E-state index contributed by atoms with van der Waals surface area (Å²) in [5, 5.41) is 9.42. The van der Waals surface area contributed by atoms with Gasteiger partial charge < -0.3 is 4.79 Å². The molecule has 0 bridgehead atoms. The Morgan fingerprint density at radius 3 is 2.64 bits per heavy atom. The highest BCUT2D eigenvalue weighted by Crippen LogP contribution is 2.44. The van der Waals surface area contributed by atoms with Crippen LogP contribution < -0.4 is 21.1 Å². The molecule has 116 valence electrons. The lowest BCUT2D eigenvalue weighted by Gasteiger charge is -2.35. The highest BCUT2D eigenvalue weighted by atomic mass is 79.9. The number of benzene rings is 1. The second kappa shape index (κ2) is 5.58. The number of anilines is 1. The molecule has 6 nitrogen and oxygen atoms in total. The van der Waals surface area contributed by atoms with Crippen molar-refractivity contribution < 1.29 is 4.79 Å². The minimum atomic E-state index is -0.692. The molecule has 3 N–H and O–H groups in total. The molecule has 0 aliphatic carbocycles. The predicted octanol–water partition coefficient (Wildman–Crippen LogP) is 1.11. The van der Waals surface area contributed by atoms with Crippen LogP contribution in [0.1, 0.15) is 5.56 Å². The van der Waals surface area contributed by atoms with Crippen LogP contribution in [-0.4, -0.2) is 38.5 Å². The molecule has 3 rings (SSSR count). The highest BCUT2D eigenvalue weighted by molar-refractivity contribution is 9.10. The second-order valence-corrected chi connectivity index (χ2v) is 6.08. The average Bonchev–Trinajstić information content (AvgIpc) is 2.84. The van der Waals surface area contributed by atoms with Crippen molar-refractivity contribution in [2.75, 3.05) is 26.2 Å². The third-order valence-corrected chi connectivity index (χ3v) is 4.84. The van der Waals surface area contributed by atoms with Gasteiger partial charge in [0.2, 0.25) is 0 Å². The van der Waals surface area contributed by atoms with E-state index in [-0.39, 0.29) is 0 Å². The second-order valence-electron chi connectivity index (χ2n) is 5.16. The van der Waals surface area contributed by atoms with Crippen LogP contribution in [0.15, 0.2) is 28.9 Å². The summed E-state index contributed by atoms with van der Waals surface area (Å²) in [5.41, 5.74) is 5.18. The number of hydrazine groups is 1. The molecule has 1 atom stereocenters. The molecule has 1 aromatic heterocycles. The molecule has 1 aliphatic rings. The van der Waals surface area contributed by atoms with E-state index in [0.29, 0.717) is 0 Å². The first-order chi connectivity index (χ1) is 10.6. The van der Waals surface area contributed by atoms with E-state index in [1.54, 1.807) is 13.2 Å². The van der Waals surface area contributed by atoms with Crippen molar-refractivity contribution in [3.63, 3.8) is 0 Å². The van der Waals surface area contributed by atoms with Crippen LogP contribution in [-0.2, 0) is 10.5 Å². The van der Waals surface area contributed by atoms with Gasteiger partial charge in [-0.2, -0.15) is 0 Å². The van der Waals surface area contributed by atoms with E-state index < -0.39 is 11.7 Å². The van der Waals surface area contributed by atoms with Crippen molar-refractivity contribution in [1.82, 2.24) is 21.0 Å². The summed E-state index contributed by atoms with van der Waals surface area (Å²) in [5.74, 6) is 0. The summed E-state index contributed by atoms with van der Waals surface area (Å²) in [6, 6.07) is 5.53. The summed E-state index contributed by atoms with van der Waals surface area (Å²) < 4.78 is 0.974. The van der Waals surface area contributed by atoms with Crippen LogP contribution in [0.4, 0.5) is 5.69 Å². The number of carbonyl (C=O) groups is 1. The van der Waals surface area contributed by atoms with Gasteiger partial charge in [-0.25, -0.2) is 5.43 Å². The number of halogens is 1. The first-order valence-electron chi connectivity index (χ1n) is 7.01. The van der Waals surface area contributed by atoms with Crippen LogP contribution in [0.25, 0.3) is 10.9 Å². The van der Waals surface area contributed by atoms with Crippen LogP contribution in [0.2, 0.25) is 0 Å². The van der Waals surface area contributed by atoms with Gasteiger partial charge in [-0.3, -0.25) is 20.6 Å². The maximum atomic E-state index is 11.8. The topological polar surface area (TPSA) is 69.3 Å². The molecule has 22 heavy (non-hydrogen) atoms. The number of nitrogens with zero attached hydrogens (tertiary/aromatic N) is 2. The first-order valence-corrected chi connectivity index (χ1v) is 7.80. The number of carbonyl (C=O) groups excluding carboxylic acids is 1. The van der Waals surface area contributed by atoms with Gasteiger partial charge in [-0.15, -0.1) is 0 Å². The quantitative estimate of drug-likeness (QED) is 0.558. The summed E-state index contributed by atoms with van der Waals surface area (Å²) in [6.07, 6.45) is 2.74. The smallest absolute Gasteiger partial charge is 0.147 e. The lowest BCUT2D eigenvalue weighted by atomic mass is 9.93. The third kappa shape index (κ3) is 1.90. The van der Waals surface area contributed by atoms with Gasteiger partial charge in [0.1, 0.15) is 18.0 Å². The molecular formula is C15H18BrN5O. The van der Waals surface area contributed by atoms with Gasteiger partial charge in [0.25, 0.3) is 0 Å². The van der Waals surface area contributed by atoms with Gasteiger partial charge in [0.05, 0.1) is 17.4 Å². The zero-order valence-corrected chi connectivity index (χ0v) is 14.2. The molecule has 1 unspecified atom stereocenters. The number of aromatic nitrogens is 1. The lowest BCUT2D eigenvalue weighted by molar-refractivity contribution is -0.110. The highest BCUT2D eigenvalue weighted by Gasteiger charge is 2.51. The number of fused-ring (bicyclic) bond motifs is 3. The molecule has 0 fully saturated rings. The Kier molecular flexibility index (Phi) is 3.90. The van der Waals surface area contributed by atoms with Gasteiger partial charge in [-0.05, 0) is 32.3 Å². The number of rotatable bonds is 4. The lowest BCUT2D eigenvalue weighted by Crippen LogP contribution is -2.62. The Balaban J connectivity index is 2.41. The molecule has 0 saturated heterocycles. The predicted molar refractivity (Wildman–Crippen MR) is 90.6 cm³/mol. The van der Waals surface area contributed by atoms with Crippen LogP contribution in [0, 0.1) is 0 Å². The van der Waals surface area contributed by atoms with Crippen molar-refractivity contribution in [3.05, 3.63) is 34.4 Å². The standard InChI is InChI=1S/C15H18BrN5O/c1-17-15(18-2)13(8-22)21(19-3)12-7-20-11-5-4-9(16)6-10(11)14(12)15/h4-8,13,17-19H,1-3H3. The van der Waals surface area contributed by atoms with Crippen LogP contribution in [0.5, 0.6) is 0 Å². The summed E-state index contributed by atoms with van der Waals surface area (Å²) in [4.78, 5) is 16.3. The number of pyridine rings is 1. The van der Waals surface area contributed by atoms with Crippen molar-refractivity contribution in [2.45, 2.75) is 11.7 Å². The molecule has 1 aromatic carbocycles. The van der Waals surface area contributed by atoms with E-state index in [9.17, 15) is 4.79 Å². The monoisotopic (exact) mass is 363 g/mol. The van der Waals surface area contributed by atoms with Crippen molar-refractivity contribution in [3.8, 4) is 0 Å². The minimum absolute atomic E-state index is 0.436. The largest absolute Gasteiger partial charge is 0.301 e. The maximum absolute atomic E-state index is 11.8. The summed E-state index contributed by atoms with van der Waals surface area (Å²) >= 11 is 3.52. The molecule has 0 amide bonds. The van der Waals surface area contributed by atoms with Crippen molar-refractivity contribution in [2.24, 2.45) is 0 Å². The van der Waals surface area contributed by atoms with E-state index in [4.69, 9.17) is 0 Å². The van der Waals surface area contributed by atoms with E-state index >= 15 is 0 Å². The van der Waals surface area contributed by atoms with Crippen LogP contribution in [0.3, 0.4) is 0 Å². The molecule has 2 heterocycles. The van der Waals surface area contributed by atoms with E-state index in [0.717, 1.165) is 32.9 Å². The fraction of sp³-hybridized carbons (Fsp3) is 0.333. The molecule has 0 radical (unpaired) electrons. The maximum Gasteiger partial charge on any atom is 0.147 e. The Morgan fingerprint density at radius 1 is 1.32 bits per heavy atom. The number of nitrogens with one attached hydrogen (secondary N) is 3. The zero-order chi connectivity index (χ0) is 15.9. The van der Waals surface area contributed by atoms with Gasteiger partial charge >= 0.3 is 0 Å². The Morgan fingerprint density at radius 2 is 2.05 bits per heavy atom. The fourth-order valence-corrected chi connectivity index (χ4v) is 3.70. The van der Waals surface area contributed by atoms with Crippen molar-refractivity contribution >= 4 is 38.8 Å². The number of hydrogen-bond donors (Lipinski definition) is 3. The van der Waals surface area contributed by atoms with E-state index in [1.165, 1.54) is 0 Å². The summed E-state index contributed by atoms with van der Waals surface area (Å²) in [6.45, 7) is 0. The summed E-state index contributed by atoms with van der Waals surface area (Å²) in [7, 11) is 5.49. The van der Waals surface area contributed by atoms with Gasteiger partial charge in [0, 0.05) is 22.5 Å². The number of likely N-dealkylation sites (N-methyl/N-ethyl adjacent to an activating group) is 2.